The highest BCUT2D eigenvalue weighted by Gasteiger charge is 2.15. The Hall–Kier alpha value is -4.85. The van der Waals surface area contributed by atoms with Crippen molar-refractivity contribution in [1.29, 1.82) is 0 Å². The predicted molar refractivity (Wildman–Crippen MR) is 132 cm³/mol. The van der Waals surface area contributed by atoms with Crippen LogP contribution < -0.4 is 27.2 Å². The molecule has 19 heteroatoms. The largest absolute Gasteiger partial charge is 0.493 e. The normalized spacial score (nSPS) is 11.6. The molecule has 38 heavy (non-hydrogen) atoms. The Kier molecular flexibility index (Phi) is 6.83. The molecule has 198 valence electrons. The third-order valence-electron chi connectivity index (χ3n) is 4.61. The smallest absolute Gasteiger partial charge is 0.328 e. The maximum Gasteiger partial charge on any atom is 0.328 e. The molecule has 0 saturated heterocycles. The van der Waals surface area contributed by atoms with Gasteiger partial charge in [-0.1, -0.05) is 0 Å². The van der Waals surface area contributed by atoms with E-state index < -0.39 is 43.1 Å². The average Bonchev–Trinajstić information content (AvgIpc) is 2.81. The van der Waals surface area contributed by atoms with Crippen LogP contribution >= 0.6 is 0 Å². The minimum absolute atomic E-state index is 0.153. The summed E-state index contributed by atoms with van der Waals surface area (Å²) in [6, 6.07) is 9.69. The first-order chi connectivity index (χ1) is 17.8. The first-order valence-electron chi connectivity index (χ1n) is 10.1. The lowest BCUT2D eigenvalue weighted by Gasteiger charge is -2.12. The van der Waals surface area contributed by atoms with Crippen LogP contribution in [0.5, 0.6) is 5.88 Å². The Labute approximate surface area is 212 Å². The second-order valence-electron chi connectivity index (χ2n) is 7.31. The number of hydrogen-bond donors (Lipinski definition) is 8. The molecule has 0 radical (unpaired) electrons. The molecule has 2 aromatic carbocycles. The van der Waals surface area contributed by atoms with Crippen molar-refractivity contribution in [3.05, 3.63) is 69.4 Å². The van der Waals surface area contributed by atoms with E-state index in [9.17, 15) is 31.5 Å². The van der Waals surface area contributed by atoms with E-state index in [2.05, 4.69) is 30.9 Å². The van der Waals surface area contributed by atoms with Crippen LogP contribution in [0, 0.1) is 0 Å². The highest BCUT2D eigenvalue weighted by atomic mass is 32.2. The Morgan fingerprint density at radius 1 is 0.632 bits per heavy atom. The van der Waals surface area contributed by atoms with E-state index in [-0.39, 0.29) is 39.0 Å². The van der Waals surface area contributed by atoms with Crippen LogP contribution in [-0.4, -0.2) is 56.0 Å². The van der Waals surface area contributed by atoms with E-state index in [0.717, 1.165) is 24.3 Å². The molecule has 2 aromatic heterocycles. The van der Waals surface area contributed by atoms with E-state index in [0.29, 0.717) is 0 Å². The van der Waals surface area contributed by atoms with Crippen LogP contribution in [0.15, 0.2) is 67.9 Å². The van der Waals surface area contributed by atoms with Crippen molar-refractivity contribution in [2.45, 2.75) is 9.79 Å². The van der Waals surface area contributed by atoms with Gasteiger partial charge < -0.3 is 21.1 Å². The minimum Gasteiger partial charge on any atom is -0.493 e. The van der Waals surface area contributed by atoms with Crippen LogP contribution in [0.4, 0.5) is 34.9 Å². The van der Waals surface area contributed by atoms with Crippen molar-refractivity contribution < 1.29 is 31.0 Å². The topological polar surface area (TPSA) is 269 Å². The van der Waals surface area contributed by atoms with Gasteiger partial charge in [-0.25, -0.2) is 4.79 Å². The summed E-state index contributed by atoms with van der Waals surface area (Å²) in [5, 5.41) is 17.9. The van der Waals surface area contributed by atoms with Crippen LogP contribution in [0.25, 0.3) is 0 Å². The molecule has 0 unspecified atom stereocenters. The van der Waals surface area contributed by atoms with Crippen molar-refractivity contribution in [3.8, 4) is 5.88 Å². The fraction of sp³-hybridized carbons (Fsp3) is 0. The van der Waals surface area contributed by atoms with Crippen molar-refractivity contribution in [2.24, 2.45) is 0 Å². The number of benzene rings is 2. The summed E-state index contributed by atoms with van der Waals surface area (Å²) >= 11 is 0. The molecular weight excluding hydrogens is 548 g/mol. The van der Waals surface area contributed by atoms with E-state index in [1.807, 2.05) is 9.97 Å². The van der Waals surface area contributed by atoms with Gasteiger partial charge in [-0.3, -0.25) is 23.9 Å². The fourth-order valence-corrected chi connectivity index (χ4v) is 3.88. The van der Waals surface area contributed by atoms with E-state index >= 15 is 0 Å². The number of aromatic nitrogens is 5. The molecule has 0 aliphatic rings. The van der Waals surface area contributed by atoms with Gasteiger partial charge in [0.2, 0.25) is 23.7 Å². The number of rotatable bonds is 8. The SMILES string of the molecule is O=c1[nH]c(O)c(Nc2nc(Nc3ccc(S(=O)(=O)O)cc3)nc(Nc3ccc(S(=O)(=O)O)cc3)n2)c(=O)[nH]1. The number of anilines is 6. The van der Waals surface area contributed by atoms with E-state index in [1.165, 1.54) is 24.3 Å². The monoisotopic (exact) mass is 564 g/mol. The zero-order chi connectivity index (χ0) is 27.7. The van der Waals surface area contributed by atoms with Crippen molar-refractivity contribution >= 4 is 55.1 Å². The van der Waals surface area contributed by atoms with Gasteiger partial charge in [0.1, 0.15) is 0 Å². The van der Waals surface area contributed by atoms with Crippen molar-refractivity contribution in [2.75, 3.05) is 16.0 Å². The van der Waals surface area contributed by atoms with E-state index in [4.69, 9.17) is 9.11 Å². The summed E-state index contributed by atoms with van der Waals surface area (Å²) < 4.78 is 63.3. The maximum atomic E-state index is 12.1. The molecule has 8 N–H and O–H groups in total. The maximum absolute atomic E-state index is 12.1. The molecule has 17 nitrogen and oxygen atoms in total. The van der Waals surface area contributed by atoms with Crippen molar-refractivity contribution in [3.63, 3.8) is 0 Å². The number of aromatic amines is 2. The van der Waals surface area contributed by atoms with Crippen molar-refractivity contribution in [1.82, 2.24) is 24.9 Å². The van der Waals surface area contributed by atoms with Gasteiger partial charge in [0.15, 0.2) is 5.69 Å². The Morgan fingerprint density at radius 3 is 1.39 bits per heavy atom. The molecule has 4 rings (SSSR count). The van der Waals surface area contributed by atoms with Gasteiger partial charge in [-0.2, -0.15) is 31.8 Å². The molecule has 0 saturated carbocycles. The molecule has 0 fully saturated rings. The molecule has 2 heterocycles. The lowest BCUT2D eigenvalue weighted by Crippen LogP contribution is -2.24. The zero-order valence-corrected chi connectivity index (χ0v) is 20.2. The first kappa shape index (κ1) is 26.2. The summed E-state index contributed by atoms with van der Waals surface area (Å²) in [6.45, 7) is 0. The summed E-state index contributed by atoms with van der Waals surface area (Å²) in [6.07, 6.45) is 0. The Morgan fingerprint density at radius 2 is 1.03 bits per heavy atom. The van der Waals surface area contributed by atoms with Gasteiger partial charge in [0, 0.05) is 11.4 Å². The summed E-state index contributed by atoms with van der Waals surface area (Å²) in [7, 11) is -8.84. The highest BCUT2D eigenvalue weighted by molar-refractivity contribution is 7.86. The third kappa shape index (κ3) is 6.28. The van der Waals surface area contributed by atoms with Gasteiger partial charge >= 0.3 is 5.69 Å². The van der Waals surface area contributed by atoms with Gasteiger partial charge in [0.25, 0.3) is 25.8 Å². The van der Waals surface area contributed by atoms with Crippen LogP contribution in [-0.2, 0) is 20.2 Å². The van der Waals surface area contributed by atoms with E-state index in [1.54, 1.807) is 0 Å². The fourth-order valence-electron chi connectivity index (χ4n) is 2.92. The number of nitrogens with zero attached hydrogens (tertiary/aromatic N) is 3. The lowest BCUT2D eigenvalue weighted by atomic mass is 10.3. The van der Waals surface area contributed by atoms with Gasteiger partial charge in [0.05, 0.1) is 9.79 Å². The molecule has 0 amide bonds. The number of hydrogen-bond acceptors (Lipinski definition) is 13. The van der Waals surface area contributed by atoms with Crippen LogP contribution in [0.1, 0.15) is 0 Å². The zero-order valence-electron chi connectivity index (χ0n) is 18.6. The number of nitrogens with one attached hydrogen (secondary N) is 5. The Balaban J connectivity index is 1.70. The predicted octanol–water partition coefficient (Wildman–Crippen LogP) is 0.678. The Bertz CT molecular complexity index is 1740. The van der Waals surface area contributed by atoms with Crippen LogP contribution in [0.3, 0.4) is 0 Å². The summed E-state index contributed by atoms with van der Waals surface area (Å²) in [5.74, 6) is -1.41. The molecule has 0 aliphatic heterocycles. The van der Waals surface area contributed by atoms with Gasteiger partial charge in [-0.05, 0) is 48.5 Å². The minimum atomic E-state index is -4.42. The first-order valence-corrected chi connectivity index (χ1v) is 12.9. The second-order valence-corrected chi connectivity index (χ2v) is 10.2. The van der Waals surface area contributed by atoms with Crippen LogP contribution in [0.2, 0.25) is 0 Å². The molecule has 0 aliphatic carbocycles. The molecule has 0 bridgehead atoms. The van der Waals surface area contributed by atoms with Gasteiger partial charge in [-0.15, -0.1) is 0 Å². The molecular formula is C19H16N8O9S2. The molecule has 0 spiro atoms. The number of H-pyrrole nitrogens is 2. The quantitative estimate of drug-likeness (QED) is 0.137. The third-order valence-corrected chi connectivity index (χ3v) is 6.35. The molecule has 0 atom stereocenters. The average molecular weight is 565 g/mol. The summed E-state index contributed by atoms with van der Waals surface area (Å²) in [5.41, 5.74) is -1.88. The number of aromatic hydroxyl groups is 1. The summed E-state index contributed by atoms with van der Waals surface area (Å²) in [4.78, 5) is 38.9. The second kappa shape index (κ2) is 9.89. The highest BCUT2D eigenvalue weighted by Crippen LogP contribution is 2.23. The standard InChI is InChI=1S/C19H16N8O9S2/c28-14-13(15(29)24-19(30)23-14)22-18-26-16(20-9-1-5-11(6-2-9)37(31,32)33)25-17(27-18)21-10-3-7-12(8-4-10)38(34,35)36/h1-8H,(H,31,32,33)(H,34,35,36)(H3,23,24,28,29,30)(H3,20,21,22,25,26,27). The lowest BCUT2D eigenvalue weighted by molar-refractivity contribution is 0.451. The molecule has 4 aromatic rings.